The van der Waals surface area contributed by atoms with E-state index in [4.69, 9.17) is 9.72 Å². The smallest absolute Gasteiger partial charge is 0.131 e. The standard InChI is InChI=1S/C16H26N4O/c1-11(2)16-18-9-15(20-6-7-21-10-12(20)3)14(19-16)8-17-13-4-5-13/h9,11-13,17H,4-8,10H2,1-3H3. The number of hydrogen-bond donors (Lipinski definition) is 1. The number of ether oxygens (including phenoxy) is 1. The molecule has 0 radical (unpaired) electrons. The summed E-state index contributed by atoms with van der Waals surface area (Å²) in [7, 11) is 0. The first kappa shape index (κ1) is 14.7. The van der Waals surface area contributed by atoms with Crippen molar-refractivity contribution >= 4 is 5.69 Å². The van der Waals surface area contributed by atoms with E-state index in [1.165, 1.54) is 18.5 Å². The lowest BCUT2D eigenvalue weighted by Crippen LogP contribution is -2.44. The summed E-state index contributed by atoms with van der Waals surface area (Å²) in [6.45, 7) is 9.81. The first-order valence-corrected chi connectivity index (χ1v) is 8.08. The maximum Gasteiger partial charge on any atom is 0.131 e. The molecule has 2 aliphatic rings. The van der Waals surface area contributed by atoms with Gasteiger partial charge in [0.15, 0.2) is 0 Å². The lowest BCUT2D eigenvalue weighted by Gasteiger charge is -2.36. The Morgan fingerprint density at radius 2 is 2.24 bits per heavy atom. The van der Waals surface area contributed by atoms with Crippen LogP contribution in [0.15, 0.2) is 6.20 Å². The molecule has 0 aromatic carbocycles. The van der Waals surface area contributed by atoms with E-state index in [0.29, 0.717) is 18.0 Å². The second kappa shape index (κ2) is 6.28. The van der Waals surface area contributed by atoms with Gasteiger partial charge in [-0.25, -0.2) is 9.97 Å². The van der Waals surface area contributed by atoms with Crippen molar-refractivity contribution in [3.63, 3.8) is 0 Å². The fourth-order valence-corrected chi connectivity index (χ4v) is 2.69. The Balaban J connectivity index is 1.85. The van der Waals surface area contributed by atoms with Crippen LogP contribution >= 0.6 is 0 Å². The molecule has 1 N–H and O–H groups in total. The third-order valence-electron chi connectivity index (χ3n) is 4.19. The fourth-order valence-electron chi connectivity index (χ4n) is 2.69. The summed E-state index contributed by atoms with van der Waals surface area (Å²) in [5.41, 5.74) is 2.30. The molecule has 1 aliphatic heterocycles. The van der Waals surface area contributed by atoms with E-state index < -0.39 is 0 Å². The van der Waals surface area contributed by atoms with Crippen LogP contribution in [-0.2, 0) is 11.3 Å². The van der Waals surface area contributed by atoms with Gasteiger partial charge < -0.3 is 15.0 Å². The second-order valence-electron chi connectivity index (χ2n) is 6.49. The highest BCUT2D eigenvalue weighted by molar-refractivity contribution is 5.50. The van der Waals surface area contributed by atoms with Gasteiger partial charge in [0, 0.05) is 31.1 Å². The van der Waals surface area contributed by atoms with Crippen molar-refractivity contribution in [2.45, 2.75) is 58.2 Å². The van der Waals surface area contributed by atoms with E-state index in [0.717, 1.165) is 37.8 Å². The molecule has 5 nitrogen and oxygen atoms in total. The molecule has 116 valence electrons. The average Bonchev–Trinajstić information content (AvgIpc) is 3.30. The van der Waals surface area contributed by atoms with E-state index in [1.54, 1.807) is 0 Å². The summed E-state index contributed by atoms with van der Waals surface area (Å²) in [5, 5.41) is 3.59. The number of rotatable bonds is 5. The molecule has 1 aromatic heterocycles. The predicted molar refractivity (Wildman–Crippen MR) is 83.6 cm³/mol. The average molecular weight is 290 g/mol. The lowest BCUT2D eigenvalue weighted by atomic mass is 10.1. The number of anilines is 1. The number of hydrogen-bond acceptors (Lipinski definition) is 5. The number of aromatic nitrogens is 2. The summed E-state index contributed by atoms with van der Waals surface area (Å²) in [4.78, 5) is 11.8. The van der Waals surface area contributed by atoms with Crippen molar-refractivity contribution in [2.75, 3.05) is 24.7 Å². The number of morpholine rings is 1. The second-order valence-corrected chi connectivity index (χ2v) is 6.49. The minimum atomic E-state index is 0.362. The van der Waals surface area contributed by atoms with Crippen LogP contribution < -0.4 is 10.2 Å². The Morgan fingerprint density at radius 3 is 2.90 bits per heavy atom. The summed E-state index contributed by atoms with van der Waals surface area (Å²) in [6.07, 6.45) is 4.60. The topological polar surface area (TPSA) is 50.3 Å². The van der Waals surface area contributed by atoms with Gasteiger partial charge in [-0.05, 0) is 19.8 Å². The van der Waals surface area contributed by atoms with Gasteiger partial charge in [-0.1, -0.05) is 13.8 Å². The lowest BCUT2D eigenvalue weighted by molar-refractivity contribution is 0.0987. The SMILES string of the molecule is CC(C)c1ncc(N2CCOCC2C)c(CNC2CC2)n1. The molecule has 0 bridgehead atoms. The molecule has 2 heterocycles. The van der Waals surface area contributed by atoms with Crippen molar-refractivity contribution < 1.29 is 4.74 Å². The zero-order valence-electron chi connectivity index (χ0n) is 13.3. The molecular formula is C16H26N4O. The van der Waals surface area contributed by atoms with Crippen LogP contribution in [0.4, 0.5) is 5.69 Å². The molecule has 1 atom stereocenters. The van der Waals surface area contributed by atoms with E-state index in [9.17, 15) is 0 Å². The van der Waals surface area contributed by atoms with Crippen molar-refractivity contribution in [1.29, 1.82) is 0 Å². The first-order chi connectivity index (χ1) is 10.1. The van der Waals surface area contributed by atoms with Crippen molar-refractivity contribution in [2.24, 2.45) is 0 Å². The van der Waals surface area contributed by atoms with E-state index >= 15 is 0 Å². The van der Waals surface area contributed by atoms with Crippen molar-refractivity contribution in [3.05, 3.63) is 17.7 Å². The zero-order valence-corrected chi connectivity index (χ0v) is 13.3. The quantitative estimate of drug-likeness (QED) is 0.900. The highest BCUT2D eigenvalue weighted by Crippen LogP contribution is 2.25. The van der Waals surface area contributed by atoms with Crippen LogP contribution in [0.2, 0.25) is 0 Å². The Labute approximate surface area is 127 Å². The van der Waals surface area contributed by atoms with Gasteiger partial charge in [0.25, 0.3) is 0 Å². The Morgan fingerprint density at radius 1 is 1.43 bits per heavy atom. The van der Waals surface area contributed by atoms with E-state index in [-0.39, 0.29) is 0 Å². The molecule has 1 unspecified atom stereocenters. The Bertz CT molecular complexity index is 487. The van der Waals surface area contributed by atoms with E-state index in [1.807, 2.05) is 6.20 Å². The minimum Gasteiger partial charge on any atom is -0.377 e. The van der Waals surface area contributed by atoms with Gasteiger partial charge in [-0.3, -0.25) is 0 Å². The molecule has 1 aliphatic carbocycles. The molecule has 1 aromatic rings. The Kier molecular flexibility index (Phi) is 4.40. The highest BCUT2D eigenvalue weighted by atomic mass is 16.5. The van der Waals surface area contributed by atoms with Gasteiger partial charge >= 0.3 is 0 Å². The highest BCUT2D eigenvalue weighted by Gasteiger charge is 2.25. The molecule has 21 heavy (non-hydrogen) atoms. The molecule has 1 saturated carbocycles. The monoisotopic (exact) mass is 290 g/mol. The first-order valence-electron chi connectivity index (χ1n) is 8.08. The van der Waals surface area contributed by atoms with Crippen molar-refractivity contribution in [3.8, 4) is 0 Å². The van der Waals surface area contributed by atoms with Gasteiger partial charge in [0.05, 0.1) is 30.8 Å². The van der Waals surface area contributed by atoms with Crippen LogP contribution in [0.25, 0.3) is 0 Å². The summed E-state index contributed by atoms with van der Waals surface area (Å²) in [6, 6.07) is 1.07. The summed E-state index contributed by atoms with van der Waals surface area (Å²) in [5.74, 6) is 1.30. The molecule has 0 amide bonds. The summed E-state index contributed by atoms with van der Waals surface area (Å²) < 4.78 is 5.55. The van der Waals surface area contributed by atoms with Gasteiger partial charge in [0.2, 0.25) is 0 Å². The molecule has 5 heteroatoms. The third-order valence-corrected chi connectivity index (χ3v) is 4.19. The normalized spacial score (nSPS) is 22.9. The largest absolute Gasteiger partial charge is 0.377 e. The fraction of sp³-hybridized carbons (Fsp3) is 0.750. The van der Waals surface area contributed by atoms with E-state index in [2.05, 4.69) is 36.0 Å². The third kappa shape index (κ3) is 3.52. The van der Waals surface area contributed by atoms with Crippen molar-refractivity contribution in [1.82, 2.24) is 15.3 Å². The maximum absolute atomic E-state index is 5.55. The molecule has 1 saturated heterocycles. The van der Waals surface area contributed by atoms with Gasteiger partial charge in [-0.2, -0.15) is 0 Å². The van der Waals surface area contributed by atoms with Crippen LogP contribution in [0.1, 0.15) is 51.0 Å². The molecule has 3 rings (SSSR count). The molecular weight excluding hydrogens is 264 g/mol. The van der Waals surface area contributed by atoms with Crippen LogP contribution in [0.3, 0.4) is 0 Å². The predicted octanol–water partition coefficient (Wildman–Crippen LogP) is 2.08. The zero-order chi connectivity index (χ0) is 14.8. The number of nitrogens with zero attached hydrogens (tertiary/aromatic N) is 3. The summed E-state index contributed by atoms with van der Waals surface area (Å²) >= 11 is 0. The number of nitrogens with one attached hydrogen (secondary N) is 1. The van der Waals surface area contributed by atoms with Crippen LogP contribution in [0.5, 0.6) is 0 Å². The molecule has 2 fully saturated rings. The maximum atomic E-state index is 5.55. The molecule has 0 spiro atoms. The van der Waals surface area contributed by atoms with Gasteiger partial charge in [-0.15, -0.1) is 0 Å². The minimum absolute atomic E-state index is 0.362. The Hall–Kier alpha value is -1.20. The van der Waals surface area contributed by atoms with Crippen LogP contribution in [0, 0.1) is 0 Å². The van der Waals surface area contributed by atoms with Crippen LogP contribution in [-0.4, -0.2) is 41.8 Å². The van der Waals surface area contributed by atoms with Gasteiger partial charge in [0.1, 0.15) is 5.82 Å².